The summed E-state index contributed by atoms with van der Waals surface area (Å²) >= 11 is 0. The molecule has 0 aromatic rings. The van der Waals surface area contributed by atoms with E-state index in [1.165, 1.54) is 225 Å². The average Bonchev–Trinajstić information content (AvgIpc) is 3.31. The standard InChI is InChI=1S/C60H112O6/c1-4-7-10-13-16-19-22-25-27-29-30-32-34-36-39-41-44-47-50-53-59(62)65-56-57(66-60(63)54-51-48-45-42-37-24-21-18-15-12-9-6-3)55-64-58(61)52-49-46-43-40-38-35-33-31-28-26-23-20-17-14-11-8-5-2/h25-28,57H,4-24,29-56H2,1-3H3/b27-25-,28-26-/t57-/m0/s1. The third kappa shape index (κ3) is 52.9. The number of ether oxygens (including phenoxy) is 3. The summed E-state index contributed by atoms with van der Waals surface area (Å²) in [4.78, 5) is 38.1. The van der Waals surface area contributed by atoms with E-state index < -0.39 is 6.10 Å². The van der Waals surface area contributed by atoms with Crippen LogP contribution in [0.2, 0.25) is 0 Å². The lowest BCUT2D eigenvalue weighted by molar-refractivity contribution is -0.167. The van der Waals surface area contributed by atoms with E-state index in [9.17, 15) is 14.4 Å². The Morgan fingerprint density at radius 1 is 0.288 bits per heavy atom. The fourth-order valence-electron chi connectivity index (χ4n) is 8.73. The van der Waals surface area contributed by atoms with Crippen LogP contribution in [0.15, 0.2) is 24.3 Å². The normalized spacial score (nSPS) is 12.1. The van der Waals surface area contributed by atoms with Crippen LogP contribution in [-0.4, -0.2) is 37.2 Å². The number of allylic oxidation sites excluding steroid dienone is 4. The van der Waals surface area contributed by atoms with E-state index in [1.807, 2.05) is 0 Å². The first-order chi connectivity index (χ1) is 32.5. The fraction of sp³-hybridized carbons (Fsp3) is 0.883. The molecule has 0 fully saturated rings. The number of carbonyl (C=O) groups is 3. The second-order valence-electron chi connectivity index (χ2n) is 19.9. The summed E-state index contributed by atoms with van der Waals surface area (Å²) in [7, 11) is 0. The Kier molecular flexibility index (Phi) is 53.7. The van der Waals surface area contributed by atoms with Gasteiger partial charge in [-0.2, -0.15) is 0 Å². The van der Waals surface area contributed by atoms with Crippen LogP contribution in [0.4, 0.5) is 0 Å². The highest BCUT2D eigenvalue weighted by atomic mass is 16.6. The molecule has 0 aliphatic heterocycles. The lowest BCUT2D eigenvalue weighted by Crippen LogP contribution is -2.30. The van der Waals surface area contributed by atoms with Gasteiger partial charge in [0.15, 0.2) is 6.10 Å². The lowest BCUT2D eigenvalue weighted by atomic mass is 10.0. The molecule has 0 bridgehead atoms. The zero-order valence-corrected chi connectivity index (χ0v) is 44.5. The van der Waals surface area contributed by atoms with Gasteiger partial charge < -0.3 is 14.2 Å². The molecule has 0 aliphatic rings. The van der Waals surface area contributed by atoms with E-state index in [-0.39, 0.29) is 31.1 Å². The first-order valence-corrected chi connectivity index (χ1v) is 29.3. The van der Waals surface area contributed by atoms with E-state index in [1.54, 1.807) is 0 Å². The molecule has 6 heteroatoms. The Morgan fingerprint density at radius 3 is 0.758 bits per heavy atom. The van der Waals surface area contributed by atoms with Gasteiger partial charge in [0.05, 0.1) is 0 Å². The molecule has 0 heterocycles. The van der Waals surface area contributed by atoms with Crippen LogP contribution >= 0.6 is 0 Å². The third-order valence-corrected chi connectivity index (χ3v) is 13.2. The fourth-order valence-corrected chi connectivity index (χ4v) is 8.73. The summed E-state index contributed by atoms with van der Waals surface area (Å²) in [6.45, 7) is 6.67. The minimum absolute atomic E-state index is 0.0693. The summed E-state index contributed by atoms with van der Waals surface area (Å²) in [6, 6.07) is 0. The second-order valence-corrected chi connectivity index (χ2v) is 19.9. The first kappa shape index (κ1) is 63.9. The minimum Gasteiger partial charge on any atom is -0.462 e. The van der Waals surface area contributed by atoms with Crippen molar-refractivity contribution < 1.29 is 28.6 Å². The molecule has 388 valence electrons. The SMILES string of the molecule is CCCCCCCC/C=C\CCCCCCCCCCCC(=O)OC[C@H](COC(=O)CCCCCCCCC/C=C\CCCCCCCC)OC(=O)CCCCCCCCCCCCCC. The van der Waals surface area contributed by atoms with E-state index in [4.69, 9.17) is 14.2 Å². The van der Waals surface area contributed by atoms with Gasteiger partial charge in [0.25, 0.3) is 0 Å². The van der Waals surface area contributed by atoms with Gasteiger partial charge in [-0.25, -0.2) is 0 Å². The number of esters is 3. The topological polar surface area (TPSA) is 78.9 Å². The first-order valence-electron chi connectivity index (χ1n) is 29.3. The van der Waals surface area contributed by atoms with Crippen LogP contribution in [0.25, 0.3) is 0 Å². The van der Waals surface area contributed by atoms with E-state index >= 15 is 0 Å². The number of carbonyl (C=O) groups excluding carboxylic acids is 3. The molecule has 0 aromatic heterocycles. The van der Waals surface area contributed by atoms with Gasteiger partial charge in [-0.05, 0) is 70.6 Å². The highest BCUT2D eigenvalue weighted by Gasteiger charge is 2.19. The Balaban J connectivity index is 4.29. The van der Waals surface area contributed by atoms with Crippen molar-refractivity contribution in [2.24, 2.45) is 0 Å². The molecule has 0 saturated heterocycles. The van der Waals surface area contributed by atoms with Crippen LogP contribution < -0.4 is 0 Å². The average molecular weight is 930 g/mol. The largest absolute Gasteiger partial charge is 0.462 e. The van der Waals surface area contributed by atoms with Crippen molar-refractivity contribution >= 4 is 17.9 Å². The van der Waals surface area contributed by atoms with Crippen molar-refractivity contribution in [3.8, 4) is 0 Å². The number of hydrogen-bond donors (Lipinski definition) is 0. The van der Waals surface area contributed by atoms with Crippen molar-refractivity contribution in [2.45, 2.75) is 329 Å². The van der Waals surface area contributed by atoms with Crippen molar-refractivity contribution in [3.63, 3.8) is 0 Å². The van der Waals surface area contributed by atoms with E-state index in [0.717, 1.165) is 57.8 Å². The van der Waals surface area contributed by atoms with Crippen molar-refractivity contribution in [1.29, 1.82) is 0 Å². The Morgan fingerprint density at radius 2 is 0.500 bits per heavy atom. The molecule has 0 radical (unpaired) electrons. The summed E-state index contributed by atoms with van der Waals surface area (Å²) in [5.74, 6) is -0.856. The van der Waals surface area contributed by atoms with E-state index in [0.29, 0.717) is 19.3 Å². The Hall–Kier alpha value is -2.11. The molecular weight excluding hydrogens is 817 g/mol. The lowest BCUT2D eigenvalue weighted by Gasteiger charge is -2.18. The molecular formula is C60H112O6. The number of unbranched alkanes of at least 4 members (excludes halogenated alkanes) is 39. The molecule has 6 nitrogen and oxygen atoms in total. The van der Waals surface area contributed by atoms with Gasteiger partial charge in [0.2, 0.25) is 0 Å². The van der Waals surface area contributed by atoms with Gasteiger partial charge >= 0.3 is 17.9 Å². The smallest absolute Gasteiger partial charge is 0.306 e. The van der Waals surface area contributed by atoms with Crippen molar-refractivity contribution in [1.82, 2.24) is 0 Å². The van der Waals surface area contributed by atoms with Gasteiger partial charge in [0.1, 0.15) is 13.2 Å². The third-order valence-electron chi connectivity index (χ3n) is 13.2. The monoisotopic (exact) mass is 929 g/mol. The van der Waals surface area contributed by atoms with Crippen LogP contribution in [0.5, 0.6) is 0 Å². The summed E-state index contributed by atoms with van der Waals surface area (Å²) in [5.41, 5.74) is 0. The summed E-state index contributed by atoms with van der Waals surface area (Å²) < 4.78 is 16.9. The molecule has 0 aliphatic carbocycles. The molecule has 0 aromatic carbocycles. The Labute approximate surface area is 411 Å². The molecule has 0 N–H and O–H groups in total. The molecule has 0 amide bonds. The van der Waals surface area contributed by atoms with Crippen molar-refractivity contribution in [2.75, 3.05) is 13.2 Å². The highest BCUT2D eigenvalue weighted by Crippen LogP contribution is 2.16. The van der Waals surface area contributed by atoms with Gasteiger partial charge in [-0.15, -0.1) is 0 Å². The highest BCUT2D eigenvalue weighted by molar-refractivity contribution is 5.71. The molecule has 0 rings (SSSR count). The van der Waals surface area contributed by atoms with E-state index in [2.05, 4.69) is 45.1 Å². The van der Waals surface area contributed by atoms with Crippen LogP contribution in [-0.2, 0) is 28.6 Å². The molecule has 0 spiro atoms. The van der Waals surface area contributed by atoms with Gasteiger partial charge in [0, 0.05) is 19.3 Å². The minimum atomic E-state index is -0.769. The maximum atomic E-state index is 12.8. The van der Waals surface area contributed by atoms with Crippen molar-refractivity contribution in [3.05, 3.63) is 24.3 Å². The Bertz CT molecular complexity index is 1070. The molecule has 66 heavy (non-hydrogen) atoms. The van der Waals surface area contributed by atoms with Gasteiger partial charge in [-0.3, -0.25) is 14.4 Å². The maximum absolute atomic E-state index is 12.8. The number of hydrogen-bond acceptors (Lipinski definition) is 6. The molecule has 0 unspecified atom stereocenters. The van der Waals surface area contributed by atoms with Crippen LogP contribution in [0.3, 0.4) is 0 Å². The zero-order chi connectivity index (χ0) is 47.9. The maximum Gasteiger partial charge on any atom is 0.306 e. The number of rotatable bonds is 54. The zero-order valence-electron chi connectivity index (χ0n) is 44.5. The predicted molar refractivity (Wildman–Crippen MR) is 284 cm³/mol. The summed E-state index contributed by atoms with van der Waals surface area (Å²) in [6.07, 6.45) is 64.5. The second kappa shape index (κ2) is 55.5. The predicted octanol–water partition coefficient (Wildman–Crippen LogP) is 19.5. The van der Waals surface area contributed by atoms with Crippen LogP contribution in [0.1, 0.15) is 323 Å². The quantitative estimate of drug-likeness (QED) is 0.0262. The molecule has 0 saturated carbocycles. The molecule has 1 atom stereocenters. The summed E-state index contributed by atoms with van der Waals surface area (Å²) in [5, 5.41) is 0. The van der Waals surface area contributed by atoms with Crippen LogP contribution in [0, 0.1) is 0 Å². The van der Waals surface area contributed by atoms with Gasteiger partial charge in [-0.1, -0.05) is 257 Å².